The molecule has 0 unspecified atom stereocenters. The van der Waals surface area contributed by atoms with E-state index < -0.39 is 0 Å². The predicted octanol–water partition coefficient (Wildman–Crippen LogP) is 1.75. The van der Waals surface area contributed by atoms with Gasteiger partial charge < -0.3 is 20.0 Å². The minimum absolute atomic E-state index is 0.111. The minimum atomic E-state index is -0.274. The molecule has 1 aliphatic rings. The molecule has 1 fully saturated rings. The Morgan fingerprint density at radius 3 is 2.64 bits per heavy atom. The molecule has 2 aromatic heterocycles. The maximum atomic E-state index is 12.6. The number of amides is 2. The molecule has 2 aromatic rings. The lowest BCUT2D eigenvalue weighted by Crippen LogP contribution is -2.42. The number of nitrogens with two attached hydrogens (primary N) is 1. The second-order valence-corrected chi connectivity index (χ2v) is 7.21. The Balaban J connectivity index is 1.72. The highest BCUT2D eigenvalue weighted by Gasteiger charge is 2.25. The Kier molecular flexibility index (Phi) is 5.85. The summed E-state index contributed by atoms with van der Waals surface area (Å²) in [5.74, 6) is 0.662. The highest BCUT2D eigenvalue weighted by Crippen LogP contribution is 2.27. The molecule has 1 saturated heterocycles. The van der Waals surface area contributed by atoms with Crippen molar-refractivity contribution in [1.82, 2.24) is 9.47 Å². The zero-order valence-corrected chi connectivity index (χ0v) is 16.2. The molecular formula is C20H25N5O3. The van der Waals surface area contributed by atoms with Crippen LogP contribution in [-0.2, 0) is 16.1 Å². The molecule has 0 spiro atoms. The van der Waals surface area contributed by atoms with Crippen LogP contribution in [0.5, 0.6) is 0 Å². The average Bonchev–Trinajstić information content (AvgIpc) is 3.25. The minimum Gasteiger partial charge on any atom is -0.467 e. The van der Waals surface area contributed by atoms with Crippen molar-refractivity contribution in [1.29, 1.82) is 5.26 Å². The van der Waals surface area contributed by atoms with Crippen LogP contribution in [0.1, 0.15) is 35.4 Å². The topological polar surface area (TPSA) is 117 Å². The molecule has 28 heavy (non-hydrogen) atoms. The van der Waals surface area contributed by atoms with Crippen molar-refractivity contribution in [2.24, 2.45) is 11.7 Å². The summed E-state index contributed by atoms with van der Waals surface area (Å²) in [5.41, 5.74) is 7.57. The third kappa shape index (κ3) is 4.10. The molecule has 3 rings (SSSR count). The van der Waals surface area contributed by atoms with Gasteiger partial charge in [0.1, 0.15) is 17.6 Å². The molecular weight excluding hydrogens is 358 g/mol. The maximum Gasteiger partial charge on any atom is 0.239 e. The van der Waals surface area contributed by atoms with E-state index in [2.05, 4.69) is 11.4 Å². The lowest BCUT2D eigenvalue weighted by Gasteiger charge is -2.29. The number of hydrogen-bond acceptors (Lipinski definition) is 5. The average molecular weight is 383 g/mol. The highest BCUT2D eigenvalue weighted by molar-refractivity contribution is 5.93. The summed E-state index contributed by atoms with van der Waals surface area (Å²) in [6.07, 6.45) is 2.93. The highest BCUT2D eigenvalue weighted by atomic mass is 16.3. The molecule has 2 amide bonds. The Morgan fingerprint density at radius 1 is 1.36 bits per heavy atom. The number of carbonyl (C=O) groups is 2. The molecule has 0 radical (unpaired) electrons. The number of nitrogens with zero attached hydrogens (tertiary/aromatic N) is 3. The summed E-state index contributed by atoms with van der Waals surface area (Å²) < 4.78 is 7.32. The van der Waals surface area contributed by atoms with Crippen molar-refractivity contribution in [3.05, 3.63) is 41.0 Å². The van der Waals surface area contributed by atoms with Gasteiger partial charge in [0.2, 0.25) is 11.8 Å². The van der Waals surface area contributed by atoms with Gasteiger partial charge in [-0.1, -0.05) is 0 Å². The number of rotatable bonds is 6. The first kappa shape index (κ1) is 19.7. The van der Waals surface area contributed by atoms with Crippen molar-refractivity contribution < 1.29 is 14.0 Å². The first-order valence-corrected chi connectivity index (χ1v) is 9.34. The van der Waals surface area contributed by atoms with Gasteiger partial charge in [0, 0.05) is 11.6 Å². The van der Waals surface area contributed by atoms with Gasteiger partial charge in [-0.05, 0) is 57.5 Å². The van der Waals surface area contributed by atoms with E-state index in [-0.39, 0.29) is 24.3 Å². The Morgan fingerprint density at radius 2 is 2.07 bits per heavy atom. The molecule has 8 heteroatoms. The largest absolute Gasteiger partial charge is 0.467 e. The van der Waals surface area contributed by atoms with Crippen molar-refractivity contribution in [2.75, 3.05) is 25.0 Å². The van der Waals surface area contributed by atoms with E-state index >= 15 is 0 Å². The van der Waals surface area contributed by atoms with Gasteiger partial charge in [0.25, 0.3) is 0 Å². The summed E-state index contributed by atoms with van der Waals surface area (Å²) in [4.78, 5) is 25.9. The van der Waals surface area contributed by atoms with Gasteiger partial charge >= 0.3 is 0 Å². The molecule has 1 aliphatic heterocycles. The third-order valence-electron chi connectivity index (χ3n) is 5.45. The standard InChI is InChI=1S/C20H25N5O3/c1-13-14(2)25(11-16-4-3-9-28-16)20(17(13)10-21)23-18(26)12-24-7-5-15(6-8-24)19(22)27/h3-4,9,15H,5-8,11-12H2,1-2H3,(H2,22,27)(H,23,26). The van der Waals surface area contributed by atoms with E-state index in [9.17, 15) is 14.9 Å². The number of anilines is 1. The number of hydrogen-bond donors (Lipinski definition) is 2. The number of carbonyl (C=O) groups excluding carboxylic acids is 2. The van der Waals surface area contributed by atoms with Gasteiger partial charge in [-0.2, -0.15) is 5.26 Å². The van der Waals surface area contributed by atoms with Crippen LogP contribution in [0.3, 0.4) is 0 Å². The molecule has 0 bridgehead atoms. The number of nitriles is 1. The van der Waals surface area contributed by atoms with Gasteiger partial charge in [-0.15, -0.1) is 0 Å². The molecule has 148 valence electrons. The Bertz CT molecular complexity index is 899. The van der Waals surface area contributed by atoms with Crippen molar-refractivity contribution in [3.8, 4) is 6.07 Å². The fourth-order valence-corrected chi connectivity index (χ4v) is 3.64. The maximum absolute atomic E-state index is 12.6. The SMILES string of the molecule is Cc1c(C#N)c(NC(=O)CN2CCC(C(N)=O)CC2)n(Cc2ccco2)c1C. The molecule has 0 aromatic carbocycles. The number of primary amides is 1. The van der Waals surface area contributed by atoms with Gasteiger partial charge in [0.15, 0.2) is 0 Å². The lowest BCUT2D eigenvalue weighted by molar-refractivity contribution is -0.123. The monoisotopic (exact) mass is 383 g/mol. The van der Waals surface area contributed by atoms with E-state index in [0.717, 1.165) is 17.0 Å². The zero-order valence-electron chi connectivity index (χ0n) is 16.2. The van der Waals surface area contributed by atoms with Crippen LogP contribution in [0.25, 0.3) is 0 Å². The summed E-state index contributed by atoms with van der Waals surface area (Å²) in [6.45, 7) is 5.73. The fraction of sp³-hybridized carbons (Fsp3) is 0.450. The van der Waals surface area contributed by atoms with E-state index in [1.165, 1.54) is 0 Å². The van der Waals surface area contributed by atoms with Crippen LogP contribution in [-0.4, -0.2) is 40.9 Å². The van der Waals surface area contributed by atoms with Crippen LogP contribution in [0.15, 0.2) is 22.8 Å². The molecule has 0 aliphatic carbocycles. The molecule has 3 heterocycles. The second-order valence-electron chi connectivity index (χ2n) is 7.21. The zero-order chi connectivity index (χ0) is 20.3. The Labute approximate surface area is 163 Å². The van der Waals surface area contributed by atoms with Crippen molar-refractivity contribution in [2.45, 2.75) is 33.2 Å². The van der Waals surface area contributed by atoms with Gasteiger partial charge in [-0.3, -0.25) is 14.5 Å². The summed E-state index contributed by atoms with van der Waals surface area (Å²) >= 11 is 0. The number of aromatic nitrogens is 1. The fourth-order valence-electron chi connectivity index (χ4n) is 3.64. The Hall–Kier alpha value is -3.05. The van der Waals surface area contributed by atoms with E-state index in [1.54, 1.807) is 12.3 Å². The van der Waals surface area contributed by atoms with Crippen LogP contribution < -0.4 is 11.1 Å². The van der Waals surface area contributed by atoms with Crippen LogP contribution in [0, 0.1) is 31.1 Å². The summed E-state index contributed by atoms with van der Waals surface area (Å²) in [7, 11) is 0. The second kappa shape index (κ2) is 8.31. The van der Waals surface area contributed by atoms with E-state index in [1.807, 2.05) is 29.4 Å². The van der Waals surface area contributed by atoms with Crippen molar-refractivity contribution >= 4 is 17.6 Å². The first-order valence-electron chi connectivity index (χ1n) is 9.34. The van der Waals surface area contributed by atoms with Crippen molar-refractivity contribution in [3.63, 3.8) is 0 Å². The molecule has 8 nitrogen and oxygen atoms in total. The predicted molar refractivity (Wildman–Crippen MR) is 103 cm³/mol. The number of piperidine rings is 1. The molecule has 0 saturated carbocycles. The van der Waals surface area contributed by atoms with Gasteiger partial charge in [0.05, 0.1) is 24.9 Å². The van der Waals surface area contributed by atoms with Crippen LogP contribution >= 0.6 is 0 Å². The number of furan rings is 1. The lowest BCUT2D eigenvalue weighted by atomic mass is 9.96. The molecule has 0 atom stereocenters. The third-order valence-corrected chi connectivity index (χ3v) is 5.45. The van der Waals surface area contributed by atoms with E-state index in [0.29, 0.717) is 43.9 Å². The van der Waals surface area contributed by atoms with E-state index in [4.69, 9.17) is 10.2 Å². The summed E-state index contributed by atoms with van der Waals surface area (Å²) in [5, 5.41) is 12.5. The van der Waals surface area contributed by atoms with Crippen LogP contribution in [0.2, 0.25) is 0 Å². The smallest absolute Gasteiger partial charge is 0.239 e. The summed E-state index contributed by atoms with van der Waals surface area (Å²) in [6, 6.07) is 5.86. The number of likely N-dealkylation sites (tertiary alicyclic amines) is 1. The molecule has 3 N–H and O–H groups in total. The number of nitrogens with one attached hydrogen (secondary N) is 1. The van der Waals surface area contributed by atoms with Crippen LogP contribution in [0.4, 0.5) is 5.82 Å². The normalized spacial score (nSPS) is 15.3. The first-order chi connectivity index (χ1) is 13.4. The quantitative estimate of drug-likeness (QED) is 0.788. The van der Waals surface area contributed by atoms with Gasteiger partial charge in [-0.25, -0.2) is 0 Å².